The summed E-state index contributed by atoms with van der Waals surface area (Å²) >= 11 is 0. The van der Waals surface area contributed by atoms with Crippen LogP contribution in [0.2, 0.25) is 0 Å². The molecule has 0 atom stereocenters. The van der Waals surface area contributed by atoms with Crippen molar-refractivity contribution in [3.05, 3.63) is 84.4 Å². The number of fused-ring (bicyclic) bond motifs is 1. The van der Waals surface area contributed by atoms with Gasteiger partial charge in [-0.25, -0.2) is 9.97 Å². The van der Waals surface area contributed by atoms with Crippen LogP contribution in [0.3, 0.4) is 0 Å². The first kappa shape index (κ1) is 19.6. The highest BCUT2D eigenvalue weighted by atomic mass is 16.5. The van der Waals surface area contributed by atoms with E-state index in [1.807, 2.05) is 74.5 Å². The highest BCUT2D eigenvalue weighted by Gasteiger charge is 2.11. The SMILES string of the molecule is Cc1ccc(Oc2ccc(Nc3ncnc4cc(-c5cccc(N)c5)[nH]c34)cc2C)cn1. The Bertz CT molecular complexity index is 1410. The standard InChI is InChI=1S/C25H22N6O/c1-15-10-19(7-9-23(15)32-20-8-6-16(2)27-13-20)30-25-24-22(28-14-29-25)12-21(31-24)17-4-3-5-18(26)11-17/h3-14,31H,26H2,1-2H3,(H,28,29,30). The van der Waals surface area contributed by atoms with E-state index in [4.69, 9.17) is 10.5 Å². The quantitative estimate of drug-likeness (QED) is 0.312. The number of aromatic nitrogens is 4. The molecule has 0 amide bonds. The molecule has 3 aromatic heterocycles. The molecule has 3 heterocycles. The summed E-state index contributed by atoms with van der Waals surface area (Å²) in [5.74, 6) is 2.18. The zero-order chi connectivity index (χ0) is 22.1. The van der Waals surface area contributed by atoms with E-state index < -0.39 is 0 Å². The van der Waals surface area contributed by atoms with Crippen molar-refractivity contribution in [2.45, 2.75) is 13.8 Å². The molecule has 0 bridgehead atoms. The van der Waals surface area contributed by atoms with Gasteiger partial charge >= 0.3 is 0 Å². The van der Waals surface area contributed by atoms with Crippen LogP contribution >= 0.6 is 0 Å². The Kier molecular flexibility index (Phi) is 4.91. The number of nitrogens with one attached hydrogen (secondary N) is 2. The maximum Gasteiger partial charge on any atom is 0.158 e. The van der Waals surface area contributed by atoms with Gasteiger partial charge in [-0.1, -0.05) is 12.1 Å². The minimum atomic E-state index is 0.695. The van der Waals surface area contributed by atoms with Crippen LogP contribution in [-0.4, -0.2) is 19.9 Å². The number of nitrogens with two attached hydrogens (primary N) is 1. The van der Waals surface area contributed by atoms with Crippen molar-refractivity contribution in [1.82, 2.24) is 19.9 Å². The summed E-state index contributed by atoms with van der Waals surface area (Å²) in [6.45, 7) is 3.95. The maximum absolute atomic E-state index is 5.97. The number of benzene rings is 2. The molecule has 0 aliphatic carbocycles. The Morgan fingerprint density at radius 2 is 1.84 bits per heavy atom. The zero-order valence-electron chi connectivity index (χ0n) is 17.8. The van der Waals surface area contributed by atoms with Gasteiger partial charge in [0.1, 0.15) is 23.3 Å². The molecule has 0 fully saturated rings. The number of pyridine rings is 1. The molecule has 158 valence electrons. The minimum absolute atomic E-state index is 0.695. The summed E-state index contributed by atoms with van der Waals surface area (Å²) in [4.78, 5) is 16.5. The molecule has 32 heavy (non-hydrogen) atoms. The molecule has 0 saturated carbocycles. The van der Waals surface area contributed by atoms with E-state index in [2.05, 4.69) is 25.3 Å². The molecule has 5 aromatic rings. The van der Waals surface area contributed by atoms with Gasteiger partial charge in [0.25, 0.3) is 0 Å². The second-order valence-corrected chi connectivity index (χ2v) is 7.63. The Morgan fingerprint density at radius 3 is 2.62 bits per heavy atom. The summed E-state index contributed by atoms with van der Waals surface area (Å²) < 4.78 is 5.97. The lowest BCUT2D eigenvalue weighted by Crippen LogP contribution is -1.97. The van der Waals surface area contributed by atoms with Gasteiger partial charge in [-0.3, -0.25) is 4.98 Å². The molecule has 5 rings (SSSR count). The van der Waals surface area contributed by atoms with Crippen LogP contribution in [0.25, 0.3) is 22.3 Å². The van der Waals surface area contributed by atoms with Gasteiger partial charge in [-0.2, -0.15) is 0 Å². The summed E-state index contributed by atoms with van der Waals surface area (Å²) in [6, 6.07) is 19.5. The van der Waals surface area contributed by atoms with Crippen LogP contribution in [-0.2, 0) is 0 Å². The Morgan fingerprint density at radius 1 is 0.938 bits per heavy atom. The van der Waals surface area contributed by atoms with E-state index in [0.717, 1.165) is 45.0 Å². The van der Waals surface area contributed by atoms with Gasteiger partial charge in [0.05, 0.1) is 11.7 Å². The molecule has 2 aromatic carbocycles. The lowest BCUT2D eigenvalue weighted by molar-refractivity contribution is 0.476. The second kappa shape index (κ2) is 8.03. The number of ether oxygens (including phenoxy) is 1. The number of nitrogen functional groups attached to an aromatic ring is 1. The first-order valence-corrected chi connectivity index (χ1v) is 10.2. The van der Waals surface area contributed by atoms with Crippen LogP contribution in [0.1, 0.15) is 11.3 Å². The monoisotopic (exact) mass is 422 g/mol. The van der Waals surface area contributed by atoms with Crippen LogP contribution in [0, 0.1) is 13.8 Å². The van der Waals surface area contributed by atoms with Crippen molar-refractivity contribution in [2.75, 3.05) is 11.1 Å². The average Bonchev–Trinajstić information content (AvgIpc) is 3.23. The van der Waals surface area contributed by atoms with Crippen molar-refractivity contribution in [1.29, 1.82) is 0 Å². The molecule has 0 aliphatic rings. The maximum atomic E-state index is 5.97. The van der Waals surface area contributed by atoms with E-state index in [1.165, 1.54) is 0 Å². The van der Waals surface area contributed by atoms with Gasteiger partial charge in [0.2, 0.25) is 0 Å². The molecule has 0 unspecified atom stereocenters. The van der Waals surface area contributed by atoms with Gasteiger partial charge in [0.15, 0.2) is 5.82 Å². The molecule has 0 saturated heterocycles. The fraction of sp³-hybridized carbons (Fsp3) is 0.0800. The largest absolute Gasteiger partial charge is 0.455 e. The number of anilines is 3. The number of hydrogen-bond acceptors (Lipinski definition) is 6. The van der Waals surface area contributed by atoms with E-state index in [0.29, 0.717) is 17.3 Å². The molecule has 0 aliphatic heterocycles. The van der Waals surface area contributed by atoms with Crippen LogP contribution in [0.15, 0.2) is 73.2 Å². The number of aryl methyl sites for hydroxylation is 2. The fourth-order valence-electron chi connectivity index (χ4n) is 3.52. The summed E-state index contributed by atoms with van der Waals surface area (Å²) in [6.07, 6.45) is 3.28. The molecular weight excluding hydrogens is 400 g/mol. The first-order chi connectivity index (χ1) is 15.5. The minimum Gasteiger partial charge on any atom is -0.455 e. The number of aromatic amines is 1. The van der Waals surface area contributed by atoms with Gasteiger partial charge in [0, 0.05) is 28.3 Å². The number of H-pyrrole nitrogens is 1. The summed E-state index contributed by atoms with van der Waals surface area (Å²) in [5.41, 5.74) is 13.1. The Hall–Kier alpha value is -4.39. The van der Waals surface area contributed by atoms with Gasteiger partial charge < -0.3 is 20.8 Å². The van der Waals surface area contributed by atoms with Gasteiger partial charge in [-0.15, -0.1) is 0 Å². The average molecular weight is 422 g/mol. The van der Waals surface area contributed by atoms with E-state index >= 15 is 0 Å². The van der Waals surface area contributed by atoms with Crippen LogP contribution < -0.4 is 15.8 Å². The van der Waals surface area contributed by atoms with E-state index in [-0.39, 0.29) is 0 Å². The molecule has 4 N–H and O–H groups in total. The predicted octanol–water partition coefficient (Wildman–Crippen LogP) is 5.75. The zero-order valence-corrected chi connectivity index (χ0v) is 17.8. The van der Waals surface area contributed by atoms with Crippen molar-refractivity contribution >= 4 is 28.2 Å². The van der Waals surface area contributed by atoms with E-state index in [9.17, 15) is 0 Å². The third kappa shape index (κ3) is 3.96. The van der Waals surface area contributed by atoms with E-state index in [1.54, 1.807) is 12.5 Å². The van der Waals surface area contributed by atoms with Crippen molar-refractivity contribution in [3.63, 3.8) is 0 Å². The fourth-order valence-corrected chi connectivity index (χ4v) is 3.52. The third-order valence-electron chi connectivity index (χ3n) is 5.16. The lowest BCUT2D eigenvalue weighted by atomic mass is 10.1. The molecule has 7 heteroatoms. The predicted molar refractivity (Wildman–Crippen MR) is 127 cm³/mol. The van der Waals surface area contributed by atoms with Crippen LogP contribution in [0.5, 0.6) is 11.5 Å². The first-order valence-electron chi connectivity index (χ1n) is 10.2. The molecule has 7 nitrogen and oxygen atoms in total. The van der Waals surface area contributed by atoms with Crippen molar-refractivity contribution in [3.8, 4) is 22.8 Å². The Labute approximate surface area is 185 Å². The third-order valence-corrected chi connectivity index (χ3v) is 5.16. The lowest BCUT2D eigenvalue weighted by Gasteiger charge is -2.12. The summed E-state index contributed by atoms with van der Waals surface area (Å²) in [5, 5.41) is 3.39. The molecule has 0 spiro atoms. The number of hydrogen-bond donors (Lipinski definition) is 3. The number of rotatable bonds is 5. The highest BCUT2D eigenvalue weighted by Crippen LogP contribution is 2.31. The Balaban J connectivity index is 1.41. The topological polar surface area (TPSA) is 102 Å². The normalized spacial score (nSPS) is 10.9. The van der Waals surface area contributed by atoms with Gasteiger partial charge in [-0.05, 0) is 67.9 Å². The molecular formula is C25H22N6O. The van der Waals surface area contributed by atoms with Crippen molar-refractivity contribution in [2.24, 2.45) is 0 Å². The number of nitrogens with zero attached hydrogens (tertiary/aromatic N) is 3. The molecule has 0 radical (unpaired) electrons. The smallest absolute Gasteiger partial charge is 0.158 e. The summed E-state index contributed by atoms with van der Waals surface area (Å²) in [7, 11) is 0. The highest BCUT2D eigenvalue weighted by molar-refractivity contribution is 5.91. The van der Waals surface area contributed by atoms with Crippen molar-refractivity contribution < 1.29 is 4.74 Å². The van der Waals surface area contributed by atoms with Crippen LogP contribution in [0.4, 0.5) is 17.2 Å². The second-order valence-electron chi connectivity index (χ2n) is 7.63.